The van der Waals surface area contributed by atoms with E-state index in [0.717, 1.165) is 77.0 Å². The van der Waals surface area contributed by atoms with Crippen molar-refractivity contribution in [1.82, 2.24) is 0 Å². The van der Waals surface area contributed by atoms with Gasteiger partial charge in [0, 0.05) is 19.3 Å². The number of carbonyl (C=O) groups excluding carboxylic acids is 2. The average Bonchev–Trinajstić information content (AvgIpc) is 3.14. The second-order valence-corrected chi connectivity index (χ2v) is 14.2. The minimum absolute atomic E-state index is 0.0153. The number of hydrogen-bond acceptors (Lipinski definition) is 6. The Hall–Kier alpha value is -4.01. The largest absolute Gasteiger partial charge is 0.477 e. The molecule has 0 bridgehead atoms. The van der Waals surface area contributed by atoms with E-state index in [9.17, 15) is 19.5 Å². The van der Waals surface area contributed by atoms with Gasteiger partial charge in [-0.1, -0.05) is 142 Å². The minimum atomic E-state index is -0.896. The molecule has 8 nitrogen and oxygen atoms in total. The van der Waals surface area contributed by atoms with Crippen molar-refractivity contribution in [2.75, 3.05) is 41.0 Å². The first-order chi connectivity index (χ1) is 26.6. The van der Waals surface area contributed by atoms with Crippen LogP contribution in [0.4, 0.5) is 0 Å². The fourth-order valence-corrected chi connectivity index (χ4v) is 5.15. The van der Waals surface area contributed by atoms with Gasteiger partial charge in [-0.15, -0.1) is 0 Å². The highest BCUT2D eigenvalue weighted by molar-refractivity contribution is 5.72. The Morgan fingerprint density at radius 2 is 1.09 bits per heavy atom. The standard InChI is InChI=1S/C47H73NO7/c1-6-8-10-12-14-16-18-20-22-24-26-28-30-32-34-36-38-46(50)55-43(41-53-40-39-44(47(51)52)48(3,4)5)42-54-45(49)37-35-33-31-29-27-25-23-21-19-17-15-13-11-9-7-2/h8-11,13-17,19-23,26,28,32,34,43-44H,6-7,12,18,24-25,27,29-31,33,35-42H2,1-5H3/p+1/b10-8+,11-9+,15-13+,16-14+,19-17+,22-20+,23-21+,28-26+,34-32+. The molecule has 308 valence electrons. The molecule has 0 amide bonds. The van der Waals surface area contributed by atoms with Crippen LogP contribution in [0.25, 0.3) is 0 Å². The number of unbranched alkanes of at least 4 members (excludes halogenated alkanes) is 5. The summed E-state index contributed by atoms with van der Waals surface area (Å²) in [5, 5.41) is 9.60. The first-order valence-corrected chi connectivity index (χ1v) is 20.5. The van der Waals surface area contributed by atoms with E-state index in [1.165, 1.54) is 0 Å². The number of likely N-dealkylation sites (N-methyl/N-ethyl adjacent to an activating group) is 1. The SMILES string of the molecule is CC/C=C/C=C/C=C/C=C/CCCCCCCC(=O)OCC(COCCC(C(=O)O)[N+](C)(C)C)OC(=O)CC/C=C/C/C=C/C/C=C/C/C=C/C/C=C/CC. The maximum absolute atomic E-state index is 12.7. The molecule has 0 radical (unpaired) electrons. The monoisotopic (exact) mass is 765 g/mol. The molecule has 0 fully saturated rings. The molecule has 2 atom stereocenters. The molecule has 0 saturated heterocycles. The van der Waals surface area contributed by atoms with Gasteiger partial charge < -0.3 is 23.8 Å². The van der Waals surface area contributed by atoms with Gasteiger partial charge in [0.1, 0.15) is 6.61 Å². The van der Waals surface area contributed by atoms with Gasteiger partial charge in [-0.3, -0.25) is 9.59 Å². The quantitative estimate of drug-likeness (QED) is 0.0229. The second-order valence-electron chi connectivity index (χ2n) is 14.2. The molecule has 0 saturated carbocycles. The van der Waals surface area contributed by atoms with E-state index in [2.05, 4.69) is 80.7 Å². The van der Waals surface area contributed by atoms with Crippen LogP contribution in [-0.2, 0) is 28.6 Å². The topological polar surface area (TPSA) is 99.1 Å². The van der Waals surface area contributed by atoms with Crippen LogP contribution in [0.15, 0.2) is 109 Å². The lowest BCUT2D eigenvalue weighted by atomic mass is 10.1. The van der Waals surface area contributed by atoms with Gasteiger partial charge in [0.05, 0.1) is 34.4 Å². The molecule has 0 heterocycles. The summed E-state index contributed by atoms with van der Waals surface area (Å²) in [6, 6.07) is -0.637. The average molecular weight is 765 g/mol. The van der Waals surface area contributed by atoms with Crippen molar-refractivity contribution in [1.29, 1.82) is 0 Å². The molecule has 0 spiro atoms. The van der Waals surface area contributed by atoms with Crippen LogP contribution < -0.4 is 0 Å². The van der Waals surface area contributed by atoms with Crippen LogP contribution in [0.1, 0.15) is 117 Å². The van der Waals surface area contributed by atoms with Gasteiger partial charge in [0.2, 0.25) is 0 Å². The van der Waals surface area contributed by atoms with Crippen molar-refractivity contribution in [2.24, 2.45) is 0 Å². The van der Waals surface area contributed by atoms with Crippen LogP contribution in [0.3, 0.4) is 0 Å². The highest BCUT2D eigenvalue weighted by Gasteiger charge is 2.31. The summed E-state index contributed by atoms with van der Waals surface area (Å²) in [5.74, 6) is -1.63. The predicted molar refractivity (Wildman–Crippen MR) is 229 cm³/mol. The Kier molecular flexibility index (Phi) is 34.2. The number of quaternary nitrogens is 1. The molecule has 0 aliphatic carbocycles. The molecule has 0 rings (SSSR count). The highest BCUT2D eigenvalue weighted by atomic mass is 16.6. The van der Waals surface area contributed by atoms with Gasteiger partial charge >= 0.3 is 17.9 Å². The Morgan fingerprint density at radius 3 is 1.67 bits per heavy atom. The number of aliphatic carboxylic acids is 1. The molecule has 0 aromatic heterocycles. The van der Waals surface area contributed by atoms with E-state index in [4.69, 9.17) is 14.2 Å². The van der Waals surface area contributed by atoms with Crippen molar-refractivity contribution >= 4 is 17.9 Å². The lowest BCUT2D eigenvalue weighted by Gasteiger charge is -2.31. The smallest absolute Gasteiger partial charge is 0.362 e. The van der Waals surface area contributed by atoms with Gasteiger partial charge in [0.15, 0.2) is 12.1 Å². The van der Waals surface area contributed by atoms with Crippen LogP contribution >= 0.6 is 0 Å². The molecule has 0 aromatic rings. The first kappa shape index (κ1) is 51.0. The number of esters is 2. The van der Waals surface area contributed by atoms with Gasteiger partial charge in [-0.25, -0.2) is 4.79 Å². The number of carboxylic acids is 1. The third kappa shape index (κ3) is 35.4. The fourth-order valence-electron chi connectivity index (χ4n) is 5.15. The molecule has 2 unspecified atom stereocenters. The van der Waals surface area contributed by atoms with Crippen molar-refractivity contribution < 1.29 is 38.2 Å². The van der Waals surface area contributed by atoms with Crippen LogP contribution in [0.2, 0.25) is 0 Å². The van der Waals surface area contributed by atoms with E-state index in [1.54, 1.807) is 0 Å². The summed E-state index contributed by atoms with van der Waals surface area (Å²) in [7, 11) is 5.47. The van der Waals surface area contributed by atoms with E-state index in [-0.39, 0.29) is 36.7 Å². The Balaban J connectivity index is 4.58. The van der Waals surface area contributed by atoms with E-state index >= 15 is 0 Å². The van der Waals surface area contributed by atoms with E-state index < -0.39 is 24.1 Å². The second kappa shape index (κ2) is 36.9. The summed E-state index contributed by atoms with van der Waals surface area (Å²) in [6.07, 6.45) is 50.0. The molecular weight excluding hydrogens is 691 g/mol. The lowest BCUT2D eigenvalue weighted by Crippen LogP contribution is -2.50. The number of hydrogen-bond donors (Lipinski definition) is 1. The Morgan fingerprint density at radius 1 is 0.564 bits per heavy atom. The molecule has 0 aliphatic rings. The van der Waals surface area contributed by atoms with Crippen LogP contribution in [0.5, 0.6) is 0 Å². The van der Waals surface area contributed by atoms with Gasteiger partial charge in [-0.05, 0) is 64.2 Å². The predicted octanol–water partition coefficient (Wildman–Crippen LogP) is 10.9. The van der Waals surface area contributed by atoms with Crippen molar-refractivity contribution in [2.45, 2.75) is 129 Å². The van der Waals surface area contributed by atoms with E-state index in [1.807, 2.05) is 63.7 Å². The van der Waals surface area contributed by atoms with Crippen molar-refractivity contribution in [3.63, 3.8) is 0 Å². The molecular formula is C47H74NO7+. The van der Waals surface area contributed by atoms with Crippen molar-refractivity contribution in [3.8, 4) is 0 Å². The third-order valence-corrected chi connectivity index (χ3v) is 8.28. The zero-order chi connectivity index (χ0) is 40.7. The number of ether oxygens (including phenoxy) is 3. The minimum Gasteiger partial charge on any atom is -0.477 e. The number of allylic oxidation sites excluding steroid dienone is 18. The molecule has 8 heteroatoms. The Bertz CT molecular complexity index is 1260. The Labute approximate surface area is 334 Å². The number of nitrogens with zero attached hydrogens (tertiary/aromatic N) is 1. The molecule has 1 N–H and O–H groups in total. The number of carbonyl (C=O) groups is 3. The maximum Gasteiger partial charge on any atom is 0.362 e. The lowest BCUT2D eigenvalue weighted by molar-refractivity contribution is -0.887. The van der Waals surface area contributed by atoms with Gasteiger partial charge in [0.25, 0.3) is 0 Å². The van der Waals surface area contributed by atoms with Gasteiger partial charge in [-0.2, -0.15) is 0 Å². The summed E-state index contributed by atoms with van der Waals surface area (Å²) in [5.41, 5.74) is 0. The van der Waals surface area contributed by atoms with E-state index in [0.29, 0.717) is 19.3 Å². The van der Waals surface area contributed by atoms with Crippen LogP contribution in [-0.4, -0.2) is 80.6 Å². The fraction of sp³-hybridized carbons (Fsp3) is 0.553. The normalized spacial score (nSPS) is 14.1. The summed E-state index contributed by atoms with van der Waals surface area (Å²) in [6.45, 7) is 4.34. The summed E-state index contributed by atoms with van der Waals surface area (Å²) < 4.78 is 17.1. The first-order valence-electron chi connectivity index (χ1n) is 20.5. The number of carboxylic acid groups (broad SMARTS) is 1. The summed E-state index contributed by atoms with van der Waals surface area (Å²) in [4.78, 5) is 36.9. The molecule has 0 aliphatic heterocycles. The zero-order valence-electron chi connectivity index (χ0n) is 34.8. The zero-order valence-corrected chi connectivity index (χ0v) is 34.8. The number of rotatable bonds is 34. The third-order valence-electron chi connectivity index (χ3n) is 8.28. The highest BCUT2D eigenvalue weighted by Crippen LogP contribution is 2.11. The molecule has 55 heavy (non-hydrogen) atoms. The maximum atomic E-state index is 12.7. The van der Waals surface area contributed by atoms with Crippen LogP contribution in [0, 0.1) is 0 Å². The molecule has 0 aromatic carbocycles. The summed E-state index contributed by atoms with van der Waals surface area (Å²) >= 11 is 0. The van der Waals surface area contributed by atoms with Crippen molar-refractivity contribution in [3.05, 3.63) is 109 Å².